The van der Waals surface area contributed by atoms with Crippen LogP contribution in [0.1, 0.15) is 30.0 Å². The molecule has 36 heavy (non-hydrogen) atoms. The molecule has 0 radical (unpaired) electrons. The van der Waals surface area contributed by atoms with Gasteiger partial charge in [-0.3, -0.25) is 14.5 Å². The normalized spacial score (nSPS) is 15.3. The van der Waals surface area contributed by atoms with Gasteiger partial charge in [0.25, 0.3) is 5.56 Å². The first-order chi connectivity index (χ1) is 17.3. The maximum atomic E-state index is 12.9. The van der Waals surface area contributed by atoms with Crippen molar-refractivity contribution in [3.63, 3.8) is 0 Å². The molecule has 12 nitrogen and oxygen atoms in total. The van der Waals surface area contributed by atoms with Crippen molar-refractivity contribution in [1.82, 2.24) is 35.2 Å². The van der Waals surface area contributed by atoms with Crippen LogP contribution < -0.4 is 16.6 Å². The summed E-state index contributed by atoms with van der Waals surface area (Å²) in [6.07, 6.45) is 0.881. The zero-order valence-corrected chi connectivity index (χ0v) is 19.5. The number of carboxylic acid groups (broad SMARTS) is 1. The van der Waals surface area contributed by atoms with E-state index in [4.69, 9.17) is 0 Å². The Morgan fingerprint density at radius 1 is 1.19 bits per heavy atom. The van der Waals surface area contributed by atoms with Crippen LogP contribution in [0.25, 0.3) is 21.9 Å². The summed E-state index contributed by atoms with van der Waals surface area (Å²) in [6.45, 7) is 2.44. The van der Waals surface area contributed by atoms with Crippen LogP contribution in [0.4, 0.5) is 4.79 Å². The Balaban J connectivity index is 1.26. The number of aromatic nitrogens is 5. The Morgan fingerprint density at radius 2 is 1.94 bits per heavy atom. The van der Waals surface area contributed by atoms with Crippen LogP contribution in [0, 0.1) is 6.92 Å². The highest BCUT2D eigenvalue weighted by atomic mass is 16.4. The van der Waals surface area contributed by atoms with Crippen molar-refractivity contribution in [2.24, 2.45) is 0 Å². The molecule has 1 atom stereocenters. The number of H-pyrrole nitrogens is 2. The van der Waals surface area contributed by atoms with Crippen molar-refractivity contribution in [2.45, 2.75) is 38.3 Å². The third-order valence-electron chi connectivity index (χ3n) is 6.68. The quantitative estimate of drug-likeness (QED) is 0.327. The van der Waals surface area contributed by atoms with Gasteiger partial charge in [0.1, 0.15) is 11.6 Å². The summed E-state index contributed by atoms with van der Waals surface area (Å²) in [5, 5.41) is 23.3. The van der Waals surface area contributed by atoms with Gasteiger partial charge < -0.3 is 20.3 Å². The second kappa shape index (κ2) is 9.29. The molecule has 4 N–H and O–H groups in total. The molecule has 5 rings (SSSR count). The second-order valence-electron chi connectivity index (χ2n) is 9.03. The van der Waals surface area contributed by atoms with E-state index < -0.39 is 23.7 Å². The second-order valence-corrected chi connectivity index (χ2v) is 9.03. The highest BCUT2D eigenvalue weighted by Gasteiger charge is 2.29. The molecule has 0 aliphatic carbocycles. The molecule has 2 amide bonds. The van der Waals surface area contributed by atoms with Gasteiger partial charge in [-0.1, -0.05) is 23.4 Å². The van der Waals surface area contributed by atoms with E-state index in [0.717, 1.165) is 16.6 Å². The Bertz CT molecular complexity index is 1580. The van der Waals surface area contributed by atoms with E-state index in [2.05, 4.69) is 25.7 Å². The minimum Gasteiger partial charge on any atom is -0.480 e. The summed E-state index contributed by atoms with van der Waals surface area (Å²) in [6, 6.07) is 8.43. The molecule has 4 aromatic rings. The SMILES string of the molecule is Cc1cc(C[C@@H](NC(=O)N2CCC(n3c(=O)[nH]c4ccccc4c3=O)CC2)C(=O)O)cc2nn[nH]c12. The molecule has 0 spiro atoms. The lowest BCUT2D eigenvalue weighted by molar-refractivity contribution is -0.139. The predicted octanol–water partition coefficient (Wildman–Crippen LogP) is 1.31. The van der Waals surface area contributed by atoms with Crippen LogP contribution >= 0.6 is 0 Å². The van der Waals surface area contributed by atoms with E-state index in [0.29, 0.717) is 29.3 Å². The first kappa shape index (κ1) is 23.3. The van der Waals surface area contributed by atoms with E-state index in [9.17, 15) is 24.3 Å². The number of aliphatic carboxylic acids is 1. The van der Waals surface area contributed by atoms with Crippen LogP contribution in [-0.2, 0) is 11.2 Å². The van der Waals surface area contributed by atoms with Crippen molar-refractivity contribution in [1.29, 1.82) is 0 Å². The number of carboxylic acids is 1. The van der Waals surface area contributed by atoms with Gasteiger partial charge in [-0.05, 0) is 49.1 Å². The lowest BCUT2D eigenvalue weighted by atomic mass is 10.0. The smallest absolute Gasteiger partial charge is 0.329 e. The number of hydrogen-bond acceptors (Lipinski definition) is 6. The summed E-state index contributed by atoms with van der Waals surface area (Å²) in [4.78, 5) is 54.5. The van der Waals surface area contributed by atoms with E-state index in [1.165, 1.54) is 9.47 Å². The van der Waals surface area contributed by atoms with Gasteiger partial charge in [-0.25, -0.2) is 14.4 Å². The van der Waals surface area contributed by atoms with E-state index in [1.807, 2.05) is 13.0 Å². The molecule has 1 aliphatic heterocycles. The number of carbonyl (C=O) groups excluding carboxylic acids is 1. The standard InChI is InChI=1S/C24H25N7O5/c1-13-10-14(11-18-20(13)28-29-27-18)12-19(22(33)34)26-23(35)30-8-6-15(7-9-30)31-21(32)16-4-2-3-5-17(16)25-24(31)36/h2-5,10-11,15,19H,6-9,12H2,1H3,(H,25,36)(H,26,35)(H,33,34)(H,27,28,29)/t19-/m1/s1. The molecule has 1 saturated heterocycles. The topological polar surface area (TPSA) is 166 Å². The Hall–Kier alpha value is -4.48. The molecular formula is C24H25N7O5. The number of benzene rings is 2. The number of likely N-dealkylation sites (tertiary alicyclic amines) is 1. The van der Waals surface area contributed by atoms with Gasteiger partial charge in [0.15, 0.2) is 0 Å². The summed E-state index contributed by atoms with van der Waals surface area (Å²) in [5.41, 5.74) is 2.65. The molecule has 186 valence electrons. The number of para-hydroxylation sites is 1. The number of rotatable bonds is 5. The number of nitrogens with zero attached hydrogens (tertiary/aromatic N) is 4. The summed E-state index contributed by atoms with van der Waals surface area (Å²) in [7, 11) is 0. The monoisotopic (exact) mass is 491 g/mol. The fraction of sp³-hybridized carbons (Fsp3) is 0.333. The van der Waals surface area contributed by atoms with Crippen LogP contribution in [0.15, 0.2) is 46.0 Å². The molecule has 0 unspecified atom stereocenters. The molecular weight excluding hydrogens is 466 g/mol. The average molecular weight is 492 g/mol. The van der Waals surface area contributed by atoms with Crippen molar-refractivity contribution < 1.29 is 14.7 Å². The highest BCUT2D eigenvalue weighted by molar-refractivity contribution is 5.83. The zero-order valence-electron chi connectivity index (χ0n) is 19.5. The minimum absolute atomic E-state index is 0.0863. The number of hydrogen-bond donors (Lipinski definition) is 4. The number of fused-ring (bicyclic) bond motifs is 2. The molecule has 3 heterocycles. The molecule has 0 saturated carbocycles. The lowest BCUT2D eigenvalue weighted by Crippen LogP contribution is -2.52. The van der Waals surface area contributed by atoms with Crippen LogP contribution in [-0.4, -0.2) is 66.1 Å². The van der Waals surface area contributed by atoms with E-state index >= 15 is 0 Å². The summed E-state index contributed by atoms with van der Waals surface area (Å²) >= 11 is 0. The number of urea groups is 1. The summed E-state index contributed by atoms with van der Waals surface area (Å²) in [5.74, 6) is -1.15. The Kier molecular flexibility index (Phi) is 6.00. The molecule has 2 aromatic heterocycles. The molecule has 1 fully saturated rings. The number of carbonyl (C=O) groups is 2. The number of aryl methyl sites for hydroxylation is 1. The zero-order chi connectivity index (χ0) is 25.4. The first-order valence-corrected chi connectivity index (χ1v) is 11.6. The third kappa shape index (κ3) is 4.32. The van der Waals surface area contributed by atoms with Gasteiger partial charge in [-0.15, -0.1) is 5.10 Å². The number of piperidine rings is 1. The van der Waals surface area contributed by atoms with Crippen molar-refractivity contribution in [3.8, 4) is 0 Å². The van der Waals surface area contributed by atoms with Crippen molar-refractivity contribution in [3.05, 3.63) is 68.4 Å². The fourth-order valence-corrected chi connectivity index (χ4v) is 4.82. The highest BCUT2D eigenvalue weighted by Crippen LogP contribution is 2.21. The Morgan fingerprint density at radius 3 is 2.69 bits per heavy atom. The van der Waals surface area contributed by atoms with E-state index in [1.54, 1.807) is 30.3 Å². The predicted molar refractivity (Wildman–Crippen MR) is 131 cm³/mol. The first-order valence-electron chi connectivity index (χ1n) is 11.6. The van der Waals surface area contributed by atoms with Gasteiger partial charge in [0.05, 0.1) is 16.4 Å². The van der Waals surface area contributed by atoms with Crippen molar-refractivity contribution >= 4 is 33.9 Å². The largest absolute Gasteiger partial charge is 0.480 e. The van der Waals surface area contributed by atoms with Crippen LogP contribution in [0.3, 0.4) is 0 Å². The van der Waals surface area contributed by atoms with E-state index in [-0.39, 0.29) is 31.1 Å². The van der Waals surface area contributed by atoms with Gasteiger partial charge in [-0.2, -0.15) is 0 Å². The average Bonchev–Trinajstić information content (AvgIpc) is 3.33. The van der Waals surface area contributed by atoms with Crippen LogP contribution in [0.5, 0.6) is 0 Å². The summed E-state index contributed by atoms with van der Waals surface area (Å²) < 4.78 is 1.22. The maximum absolute atomic E-state index is 12.9. The van der Waals surface area contributed by atoms with Crippen molar-refractivity contribution in [2.75, 3.05) is 13.1 Å². The Labute approximate surface area is 203 Å². The molecule has 12 heteroatoms. The number of nitrogens with one attached hydrogen (secondary N) is 3. The molecule has 0 bridgehead atoms. The van der Waals surface area contributed by atoms with Gasteiger partial charge in [0, 0.05) is 25.6 Å². The molecule has 1 aliphatic rings. The fourth-order valence-electron chi connectivity index (χ4n) is 4.82. The lowest BCUT2D eigenvalue weighted by Gasteiger charge is -2.33. The third-order valence-corrected chi connectivity index (χ3v) is 6.68. The minimum atomic E-state index is -1.15. The number of aromatic amines is 2. The van der Waals surface area contributed by atoms with Gasteiger partial charge in [0.2, 0.25) is 0 Å². The van der Waals surface area contributed by atoms with Crippen LogP contribution in [0.2, 0.25) is 0 Å². The molecule has 2 aromatic carbocycles. The van der Waals surface area contributed by atoms with Gasteiger partial charge >= 0.3 is 17.7 Å². The maximum Gasteiger partial charge on any atom is 0.329 e. The number of amides is 2.